The number of hydrogen-bond donors (Lipinski definition) is 2. The molecule has 4 unspecified atom stereocenters. The van der Waals surface area contributed by atoms with Gasteiger partial charge in [-0.15, -0.1) is 0 Å². The van der Waals surface area contributed by atoms with Gasteiger partial charge in [0, 0.05) is 12.0 Å². The number of amides is 1. The Morgan fingerprint density at radius 2 is 1.16 bits per heavy atom. The predicted octanol–water partition coefficient (Wildman–Crippen LogP) is 11.0. The SMILES string of the molecule is CC(C)Oc1ccc(CCCCCCCCCCC(=O)N[C@@H](CO[C@H]2OC3COC(c4ccccc4)O[C@@H]3C(OCc3ccccc3)C2OCc2ccccc2)[C@H](OCc2ccccc2)[C@@H](C)O)cc1. The van der Waals surface area contributed by atoms with Crippen LogP contribution in [0.15, 0.2) is 146 Å². The van der Waals surface area contributed by atoms with Crippen molar-refractivity contribution in [3.05, 3.63) is 173 Å². The third kappa shape index (κ3) is 17.1. The molecule has 0 bridgehead atoms. The van der Waals surface area contributed by atoms with E-state index < -0.39 is 55.2 Å². The van der Waals surface area contributed by atoms with E-state index >= 15 is 0 Å². The number of rotatable bonds is 29. The fourth-order valence-electron chi connectivity index (χ4n) is 9.10. The molecule has 2 aliphatic heterocycles. The molecule has 9 atom stereocenters. The summed E-state index contributed by atoms with van der Waals surface area (Å²) in [6.45, 7) is 6.75. The van der Waals surface area contributed by atoms with Crippen LogP contribution in [0.4, 0.5) is 0 Å². The van der Waals surface area contributed by atoms with Crippen LogP contribution < -0.4 is 10.1 Å². The summed E-state index contributed by atoms with van der Waals surface area (Å²) in [5, 5.41) is 14.5. The minimum atomic E-state index is -0.967. The van der Waals surface area contributed by atoms with E-state index in [-0.39, 0.29) is 38.4 Å². The second-order valence-corrected chi connectivity index (χ2v) is 18.9. The van der Waals surface area contributed by atoms with Crippen LogP contribution >= 0.6 is 0 Å². The van der Waals surface area contributed by atoms with Crippen LogP contribution in [-0.2, 0) is 64.2 Å². The topological polar surface area (TPSA) is 123 Å². The predicted molar refractivity (Wildman–Crippen MR) is 271 cm³/mol. The summed E-state index contributed by atoms with van der Waals surface area (Å²) in [7, 11) is 0. The van der Waals surface area contributed by atoms with Crippen molar-refractivity contribution in [2.24, 2.45) is 0 Å². The minimum absolute atomic E-state index is 0.0407. The number of benzene rings is 5. The molecular formula is C59H75NO10. The van der Waals surface area contributed by atoms with Crippen LogP contribution in [0.25, 0.3) is 0 Å². The molecule has 5 aromatic rings. The van der Waals surface area contributed by atoms with Crippen molar-refractivity contribution in [2.75, 3.05) is 13.2 Å². The average molecular weight is 958 g/mol. The second-order valence-electron chi connectivity index (χ2n) is 18.9. The molecule has 376 valence electrons. The zero-order valence-electron chi connectivity index (χ0n) is 41.4. The molecule has 2 heterocycles. The van der Waals surface area contributed by atoms with Gasteiger partial charge in [-0.1, -0.05) is 172 Å². The van der Waals surface area contributed by atoms with Gasteiger partial charge in [0.05, 0.1) is 51.3 Å². The van der Waals surface area contributed by atoms with Gasteiger partial charge in [-0.25, -0.2) is 0 Å². The van der Waals surface area contributed by atoms with Gasteiger partial charge in [0.1, 0.15) is 36.3 Å². The third-order valence-electron chi connectivity index (χ3n) is 12.8. The van der Waals surface area contributed by atoms with E-state index in [1.807, 2.05) is 135 Å². The highest BCUT2D eigenvalue weighted by atomic mass is 16.8. The molecule has 2 aliphatic rings. The lowest BCUT2D eigenvalue weighted by Crippen LogP contribution is -2.64. The first-order valence-corrected chi connectivity index (χ1v) is 25.6. The van der Waals surface area contributed by atoms with Crippen LogP contribution in [0.3, 0.4) is 0 Å². The van der Waals surface area contributed by atoms with Crippen molar-refractivity contribution in [1.29, 1.82) is 0 Å². The van der Waals surface area contributed by atoms with Crippen LogP contribution in [-0.4, -0.2) is 79.3 Å². The van der Waals surface area contributed by atoms with Crippen molar-refractivity contribution in [3.63, 3.8) is 0 Å². The monoisotopic (exact) mass is 958 g/mol. The maximum absolute atomic E-state index is 13.8. The van der Waals surface area contributed by atoms with Gasteiger partial charge >= 0.3 is 0 Å². The van der Waals surface area contributed by atoms with Crippen molar-refractivity contribution in [1.82, 2.24) is 5.32 Å². The van der Waals surface area contributed by atoms with E-state index in [2.05, 4.69) is 29.6 Å². The summed E-state index contributed by atoms with van der Waals surface area (Å²) in [5.41, 5.74) is 5.15. The molecule has 0 saturated carbocycles. The fourth-order valence-corrected chi connectivity index (χ4v) is 9.10. The van der Waals surface area contributed by atoms with Crippen molar-refractivity contribution < 1.29 is 47.8 Å². The molecule has 2 fully saturated rings. The van der Waals surface area contributed by atoms with E-state index in [9.17, 15) is 9.90 Å². The van der Waals surface area contributed by atoms with Crippen LogP contribution in [0, 0.1) is 0 Å². The largest absolute Gasteiger partial charge is 0.491 e. The molecule has 1 amide bonds. The normalized spacial score (nSPS) is 21.4. The first-order chi connectivity index (χ1) is 34.3. The standard InChI is InChI=1S/C59H75NO10/c1-43(2)68-50-36-34-45(35-37-50)24-14-8-6-4-5-7-9-23-33-53(62)60-51(54(44(3)61)63-38-46-25-15-10-16-26-46)41-66-59-57(65-40-48-29-19-12-20-30-48)56(64-39-47-27-17-11-18-28-47)55-52(69-59)42-67-58(70-55)49-31-21-13-22-32-49/h10-13,15-22,25-32,34-37,43-44,51-52,54-59,61H,4-9,14,23-24,33,38-42H2,1-3H3,(H,60,62)/t44-,51+,52?,54-,55+,56?,57?,58?,59+/m1/s1. The van der Waals surface area contributed by atoms with Crippen LogP contribution in [0.2, 0.25) is 0 Å². The lowest BCUT2D eigenvalue weighted by Gasteiger charge is -2.49. The number of unbranched alkanes of at least 4 members (excludes halogenated alkanes) is 7. The Kier molecular flexibility index (Phi) is 21.7. The first kappa shape index (κ1) is 52.9. The van der Waals surface area contributed by atoms with Crippen molar-refractivity contribution in [3.8, 4) is 5.75 Å². The van der Waals surface area contributed by atoms with Gasteiger partial charge in [-0.3, -0.25) is 4.79 Å². The molecule has 11 heteroatoms. The average Bonchev–Trinajstić information content (AvgIpc) is 3.38. The molecule has 0 spiro atoms. The smallest absolute Gasteiger partial charge is 0.220 e. The Hall–Kier alpha value is -4.95. The van der Waals surface area contributed by atoms with Gasteiger partial charge in [-0.2, -0.15) is 0 Å². The van der Waals surface area contributed by atoms with E-state index in [4.69, 9.17) is 37.9 Å². The molecule has 2 saturated heterocycles. The quantitative estimate of drug-likeness (QED) is 0.0448. The zero-order chi connectivity index (χ0) is 48.8. The highest BCUT2D eigenvalue weighted by Gasteiger charge is 2.52. The molecule has 70 heavy (non-hydrogen) atoms. The summed E-state index contributed by atoms with van der Waals surface area (Å²) >= 11 is 0. The number of aryl methyl sites for hydroxylation is 1. The Bertz CT molecular complexity index is 2180. The fraction of sp³-hybridized carbons (Fsp3) is 0.475. The number of nitrogens with one attached hydrogen (secondary N) is 1. The summed E-state index contributed by atoms with van der Waals surface area (Å²) in [5.74, 6) is 0.797. The number of carbonyl (C=O) groups excluding carboxylic acids is 1. The molecule has 2 N–H and O–H groups in total. The van der Waals surface area contributed by atoms with Crippen molar-refractivity contribution >= 4 is 5.91 Å². The number of hydrogen-bond acceptors (Lipinski definition) is 10. The van der Waals surface area contributed by atoms with E-state index in [0.29, 0.717) is 13.0 Å². The van der Waals surface area contributed by atoms with Gasteiger partial charge in [0.15, 0.2) is 12.6 Å². The summed E-state index contributed by atoms with van der Waals surface area (Å²) in [6, 6.07) is 47.3. The molecule has 7 rings (SSSR count). The summed E-state index contributed by atoms with van der Waals surface area (Å²) < 4.78 is 52.3. The molecule has 0 aromatic heterocycles. The first-order valence-electron chi connectivity index (χ1n) is 25.6. The number of aliphatic hydroxyl groups is 1. The van der Waals surface area contributed by atoms with E-state index in [1.165, 1.54) is 31.2 Å². The van der Waals surface area contributed by atoms with Gasteiger partial charge in [-0.05, 0) is 74.4 Å². The van der Waals surface area contributed by atoms with Crippen LogP contribution in [0.1, 0.15) is 113 Å². The lowest BCUT2D eigenvalue weighted by molar-refractivity contribution is -0.373. The number of ether oxygens (including phenoxy) is 8. The highest BCUT2D eigenvalue weighted by Crippen LogP contribution is 2.37. The Morgan fingerprint density at radius 3 is 1.74 bits per heavy atom. The Labute approximate surface area is 416 Å². The van der Waals surface area contributed by atoms with Crippen LogP contribution in [0.5, 0.6) is 5.75 Å². The molecule has 11 nitrogen and oxygen atoms in total. The Balaban J connectivity index is 0.988. The summed E-state index contributed by atoms with van der Waals surface area (Å²) in [4.78, 5) is 13.8. The third-order valence-corrected chi connectivity index (χ3v) is 12.8. The molecular weight excluding hydrogens is 883 g/mol. The van der Waals surface area contributed by atoms with Gasteiger partial charge in [0.25, 0.3) is 0 Å². The highest BCUT2D eigenvalue weighted by molar-refractivity contribution is 5.76. The molecule has 5 aromatic carbocycles. The molecule has 0 radical (unpaired) electrons. The maximum Gasteiger partial charge on any atom is 0.220 e. The van der Waals surface area contributed by atoms with E-state index in [0.717, 1.165) is 60.1 Å². The number of fused-ring (bicyclic) bond motifs is 1. The Morgan fingerprint density at radius 1 is 0.614 bits per heavy atom. The number of aliphatic hydroxyl groups excluding tert-OH is 1. The number of carbonyl (C=O) groups is 1. The summed E-state index contributed by atoms with van der Waals surface area (Å²) in [6.07, 6.45) is 4.42. The van der Waals surface area contributed by atoms with Gasteiger partial charge < -0.3 is 48.3 Å². The van der Waals surface area contributed by atoms with E-state index in [1.54, 1.807) is 6.92 Å². The zero-order valence-corrected chi connectivity index (χ0v) is 41.4. The molecule has 0 aliphatic carbocycles. The van der Waals surface area contributed by atoms with Gasteiger partial charge in [0.2, 0.25) is 5.91 Å². The maximum atomic E-state index is 13.8. The second kappa shape index (κ2) is 28.8. The minimum Gasteiger partial charge on any atom is -0.491 e. The lowest BCUT2D eigenvalue weighted by atomic mass is 9.96. The van der Waals surface area contributed by atoms with Crippen molar-refractivity contribution in [2.45, 2.75) is 166 Å².